The second-order valence-electron chi connectivity index (χ2n) is 2.58. The van der Waals surface area contributed by atoms with Crippen molar-refractivity contribution in [2.24, 2.45) is 10.9 Å². The molecular weight excluding hydrogens is 200 g/mol. The highest BCUT2D eigenvalue weighted by Gasteiger charge is 2.09. The molecule has 1 aromatic heterocycles. The maximum atomic E-state index is 8.52. The Hall–Kier alpha value is -1.89. The minimum absolute atomic E-state index is 0.0719. The minimum atomic E-state index is -0.0719. The van der Waals surface area contributed by atoms with Crippen molar-refractivity contribution in [3.8, 4) is 5.88 Å². The SMILES string of the molecule is COCCOc1nnccc1/C(N)=N/O. The van der Waals surface area contributed by atoms with Crippen LogP contribution in [-0.2, 0) is 4.74 Å². The summed E-state index contributed by atoms with van der Waals surface area (Å²) < 4.78 is 10.0. The Kier molecular flexibility index (Phi) is 4.30. The van der Waals surface area contributed by atoms with Gasteiger partial charge in [0.15, 0.2) is 5.84 Å². The highest BCUT2D eigenvalue weighted by Crippen LogP contribution is 2.12. The number of methoxy groups -OCH3 is 1. The molecule has 0 spiro atoms. The predicted molar refractivity (Wildman–Crippen MR) is 51.9 cm³/mol. The molecule has 1 aromatic rings. The minimum Gasteiger partial charge on any atom is -0.474 e. The number of amidine groups is 1. The Morgan fingerprint density at radius 1 is 1.60 bits per heavy atom. The van der Waals surface area contributed by atoms with Crippen molar-refractivity contribution in [3.63, 3.8) is 0 Å². The van der Waals surface area contributed by atoms with Gasteiger partial charge in [0.2, 0.25) is 5.88 Å². The van der Waals surface area contributed by atoms with E-state index in [1.165, 1.54) is 6.20 Å². The van der Waals surface area contributed by atoms with Gasteiger partial charge in [-0.3, -0.25) is 0 Å². The van der Waals surface area contributed by atoms with Gasteiger partial charge in [-0.2, -0.15) is 5.10 Å². The third kappa shape index (κ3) is 3.06. The Balaban J connectivity index is 2.77. The van der Waals surface area contributed by atoms with Gasteiger partial charge in [0, 0.05) is 7.11 Å². The summed E-state index contributed by atoms with van der Waals surface area (Å²) in [6, 6.07) is 1.55. The van der Waals surface area contributed by atoms with Crippen LogP contribution in [0, 0.1) is 0 Å². The van der Waals surface area contributed by atoms with E-state index in [-0.39, 0.29) is 11.7 Å². The molecule has 0 unspecified atom stereocenters. The summed E-state index contributed by atoms with van der Waals surface area (Å²) in [4.78, 5) is 0. The number of nitrogens with zero attached hydrogens (tertiary/aromatic N) is 3. The van der Waals surface area contributed by atoms with Gasteiger partial charge >= 0.3 is 0 Å². The van der Waals surface area contributed by atoms with Gasteiger partial charge in [0.1, 0.15) is 6.61 Å². The Morgan fingerprint density at radius 3 is 3.07 bits per heavy atom. The van der Waals surface area contributed by atoms with Crippen LogP contribution in [0.4, 0.5) is 0 Å². The maximum absolute atomic E-state index is 8.52. The van der Waals surface area contributed by atoms with Gasteiger partial charge in [0.25, 0.3) is 0 Å². The van der Waals surface area contributed by atoms with E-state index < -0.39 is 0 Å². The van der Waals surface area contributed by atoms with Crippen LogP contribution in [0.25, 0.3) is 0 Å². The molecule has 1 heterocycles. The number of oxime groups is 1. The summed E-state index contributed by atoms with van der Waals surface area (Å²) in [7, 11) is 1.56. The summed E-state index contributed by atoms with van der Waals surface area (Å²) in [6.07, 6.45) is 1.43. The second kappa shape index (κ2) is 5.76. The van der Waals surface area contributed by atoms with E-state index in [0.717, 1.165) is 0 Å². The van der Waals surface area contributed by atoms with Crippen molar-refractivity contribution >= 4 is 5.84 Å². The van der Waals surface area contributed by atoms with Crippen LogP contribution in [0.2, 0.25) is 0 Å². The van der Waals surface area contributed by atoms with E-state index in [4.69, 9.17) is 20.4 Å². The van der Waals surface area contributed by atoms with Crippen LogP contribution in [-0.4, -0.2) is 41.6 Å². The summed E-state index contributed by atoms with van der Waals surface area (Å²) >= 11 is 0. The van der Waals surface area contributed by atoms with E-state index >= 15 is 0 Å². The Bertz CT molecular complexity index is 342. The van der Waals surface area contributed by atoms with Crippen molar-refractivity contribution < 1.29 is 14.7 Å². The molecule has 82 valence electrons. The monoisotopic (exact) mass is 212 g/mol. The molecule has 0 aliphatic heterocycles. The van der Waals surface area contributed by atoms with Gasteiger partial charge in [-0.15, -0.1) is 5.10 Å². The molecule has 0 saturated heterocycles. The normalized spacial score (nSPS) is 11.4. The lowest BCUT2D eigenvalue weighted by Crippen LogP contribution is -2.17. The molecule has 15 heavy (non-hydrogen) atoms. The topological polar surface area (TPSA) is 103 Å². The zero-order valence-electron chi connectivity index (χ0n) is 8.25. The zero-order valence-corrected chi connectivity index (χ0v) is 8.25. The first kappa shape index (κ1) is 11.2. The van der Waals surface area contributed by atoms with Crippen LogP contribution < -0.4 is 10.5 Å². The first-order chi connectivity index (χ1) is 7.29. The van der Waals surface area contributed by atoms with Crippen LogP contribution in [0.3, 0.4) is 0 Å². The van der Waals surface area contributed by atoms with E-state index in [1.54, 1.807) is 13.2 Å². The molecule has 7 nitrogen and oxygen atoms in total. The predicted octanol–water partition coefficient (Wildman–Crippen LogP) is -0.404. The maximum Gasteiger partial charge on any atom is 0.244 e. The molecule has 0 aliphatic rings. The highest BCUT2D eigenvalue weighted by atomic mass is 16.5. The summed E-state index contributed by atoms with van der Waals surface area (Å²) in [6.45, 7) is 0.743. The molecule has 0 radical (unpaired) electrons. The fourth-order valence-electron chi connectivity index (χ4n) is 0.896. The third-order valence-corrected chi connectivity index (χ3v) is 1.60. The summed E-state index contributed by atoms with van der Waals surface area (Å²) in [5.74, 6) is 0.141. The smallest absolute Gasteiger partial charge is 0.244 e. The van der Waals surface area contributed by atoms with E-state index in [0.29, 0.717) is 18.8 Å². The van der Waals surface area contributed by atoms with Crippen LogP contribution in [0.15, 0.2) is 17.4 Å². The first-order valence-corrected chi connectivity index (χ1v) is 4.21. The van der Waals surface area contributed by atoms with Crippen LogP contribution >= 0.6 is 0 Å². The second-order valence-corrected chi connectivity index (χ2v) is 2.58. The van der Waals surface area contributed by atoms with Crippen molar-refractivity contribution in [1.82, 2.24) is 10.2 Å². The molecule has 1 rings (SSSR count). The largest absolute Gasteiger partial charge is 0.474 e. The highest BCUT2D eigenvalue weighted by molar-refractivity contribution is 5.98. The molecule has 0 atom stereocenters. The van der Waals surface area contributed by atoms with Crippen LogP contribution in [0.1, 0.15) is 5.56 Å². The molecule has 7 heteroatoms. The standard InChI is InChI=1S/C8H12N4O3/c1-14-4-5-15-8-6(7(9)12-13)2-3-10-11-8/h2-3,13H,4-5H2,1H3,(H2,9,12). The number of rotatable bonds is 5. The molecule has 0 fully saturated rings. The molecular formula is C8H12N4O3. The lowest BCUT2D eigenvalue weighted by molar-refractivity contribution is 0.143. The Labute approximate surface area is 86.5 Å². The average Bonchev–Trinajstić information content (AvgIpc) is 2.29. The number of aromatic nitrogens is 2. The van der Waals surface area contributed by atoms with E-state index in [9.17, 15) is 0 Å². The van der Waals surface area contributed by atoms with Gasteiger partial charge < -0.3 is 20.4 Å². The summed E-state index contributed by atoms with van der Waals surface area (Å²) in [5, 5.41) is 18.7. The molecule has 3 N–H and O–H groups in total. The van der Waals surface area contributed by atoms with Crippen molar-refractivity contribution in [2.45, 2.75) is 0 Å². The molecule has 0 saturated carbocycles. The van der Waals surface area contributed by atoms with Gasteiger partial charge in [-0.25, -0.2) is 0 Å². The summed E-state index contributed by atoms with van der Waals surface area (Å²) in [5.41, 5.74) is 5.81. The number of nitrogens with two attached hydrogens (primary N) is 1. The number of ether oxygens (including phenoxy) is 2. The van der Waals surface area contributed by atoms with E-state index in [2.05, 4.69) is 15.4 Å². The molecule has 0 bridgehead atoms. The van der Waals surface area contributed by atoms with Crippen molar-refractivity contribution in [1.29, 1.82) is 0 Å². The van der Waals surface area contributed by atoms with Gasteiger partial charge in [-0.05, 0) is 6.07 Å². The quantitative estimate of drug-likeness (QED) is 0.226. The van der Waals surface area contributed by atoms with Crippen LogP contribution in [0.5, 0.6) is 5.88 Å². The van der Waals surface area contributed by atoms with Gasteiger partial charge in [0.05, 0.1) is 18.4 Å². The molecule has 0 aromatic carbocycles. The first-order valence-electron chi connectivity index (χ1n) is 4.21. The zero-order chi connectivity index (χ0) is 11.1. The average molecular weight is 212 g/mol. The van der Waals surface area contributed by atoms with Gasteiger partial charge in [-0.1, -0.05) is 5.16 Å². The van der Waals surface area contributed by atoms with Crippen molar-refractivity contribution in [2.75, 3.05) is 20.3 Å². The fourth-order valence-corrected chi connectivity index (χ4v) is 0.896. The Morgan fingerprint density at radius 2 is 2.40 bits per heavy atom. The fraction of sp³-hybridized carbons (Fsp3) is 0.375. The number of hydrogen-bond donors (Lipinski definition) is 2. The third-order valence-electron chi connectivity index (χ3n) is 1.60. The lowest BCUT2D eigenvalue weighted by Gasteiger charge is -2.07. The number of hydrogen-bond acceptors (Lipinski definition) is 6. The molecule has 0 amide bonds. The van der Waals surface area contributed by atoms with E-state index in [1.807, 2.05) is 0 Å². The lowest BCUT2D eigenvalue weighted by atomic mass is 10.3. The molecule has 0 aliphatic carbocycles. The van der Waals surface area contributed by atoms with Crippen molar-refractivity contribution in [3.05, 3.63) is 17.8 Å².